The van der Waals surface area contributed by atoms with Crippen molar-refractivity contribution < 1.29 is 9.64 Å². The third-order valence-corrected chi connectivity index (χ3v) is 6.46. The molecule has 4 nitrogen and oxygen atoms in total. The summed E-state index contributed by atoms with van der Waals surface area (Å²) in [7, 11) is 2.33. The van der Waals surface area contributed by atoms with Gasteiger partial charge >= 0.3 is 0 Å². The monoisotopic (exact) mass is 380 g/mol. The average Bonchev–Trinajstić information content (AvgIpc) is 3.15. The fourth-order valence-electron chi connectivity index (χ4n) is 3.81. The Kier molecular flexibility index (Phi) is 6.99. The second-order valence-corrected chi connectivity index (χ2v) is 8.38. The van der Waals surface area contributed by atoms with Gasteiger partial charge in [-0.15, -0.1) is 11.8 Å². The summed E-state index contributed by atoms with van der Waals surface area (Å²) in [5.41, 5.74) is 1.08. The Hall–Kier alpha value is -0.820. The number of thioether (sulfide) groups is 1. The number of piperidine rings is 1. The van der Waals surface area contributed by atoms with Crippen LogP contribution in [0.3, 0.4) is 0 Å². The molecule has 2 atom stereocenters. The number of hydrogen-bond donors (Lipinski definition) is 2. The highest BCUT2D eigenvalue weighted by atomic mass is 32.2. The molecule has 0 spiro atoms. The lowest BCUT2D eigenvalue weighted by atomic mass is 10.0. The maximum atomic E-state index is 5.80. The average molecular weight is 381 g/mol. The van der Waals surface area contributed by atoms with Crippen LogP contribution in [0.4, 0.5) is 5.69 Å². The number of anilines is 1. The lowest BCUT2D eigenvalue weighted by Crippen LogP contribution is -3.14. The first-order chi connectivity index (χ1) is 12.2. The molecule has 3 rings (SSSR count). The van der Waals surface area contributed by atoms with Gasteiger partial charge in [0.1, 0.15) is 12.6 Å². The van der Waals surface area contributed by atoms with Gasteiger partial charge in [0.2, 0.25) is 0 Å². The van der Waals surface area contributed by atoms with Crippen molar-refractivity contribution in [2.24, 2.45) is 0 Å². The Bertz CT molecular complexity index is 570. The number of likely N-dealkylation sites (N-methyl/N-ethyl adjacent to an activating group) is 1. The van der Waals surface area contributed by atoms with E-state index in [9.17, 15) is 0 Å². The molecular weight excluding hydrogens is 350 g/mol. The van der Waals surface area contributed by atoms with E-state index in [-0.39, 0.29) is 0 Å². The Labute approximate surface area is 161 Å². The first-order valence-electron chi connectivity index (χ1n) is 9.29. The minimum Gasteiger partial charge on any atom is -0.372 e. The zero-order valence-electron chi connectivity index (χ0n) is 15.3. The Morgan fingerprint density at radius 2 is 2.16 bits per heavy atom. The van der Waals surface area contributed by atoms with Crippen LogP contribution in [-0.2, 0) is 4.74 Å². The first-order valence-corrected chi connectivity index (χ1v) is 10.9. The van der Waals surface area contributed by atoms with Gasteiger partial charge in [0.15, 0.2) is 5.11 Å². The number of likely N-dealkylation sites (tertiary alicyclic amines) is 1. The number of rotatable bonds is 5. The molecule has 1 aromatic carbocycles. The van der Waals surface area contributed by atoms with Gasteiger partial charge in [0.25, 0.3) is 0 Å². The summed E-state index contributed by atoms with van der Waals surface area (Å²) < 4.78 is 5.80. The van der Waals surface area contributed by atoms with E-state index in [1.165, 1.54) is 30.6 Å². The van der Waals surface area contributed by atoms with E-state index in [4.69, 9.17) is 17.0 Å². The van der Waals surface area contributed by atoms with Crippen LogP contribution in [0.5, 0.6) is 0 Å². The van der Waals surface area contributed by atoms with E-state index in [1.807, 2.05) is 0 Å². The standard InChI is InChI=1S/C19H29N3OS2/c1-21(14-17-6-4-12-23-17)16-8-10-22(11-9-16)19(24)20-15-5-3-7-18(13-15)25-2/h3,5,7,13,16-17H,4,6,8-12,14H2,1-2H3,(H,20,24)/p+1. The Morgan fingerprint density at radius 3 is 2.84 bits per heavy atom. The van der Waals surface area contributed by atoms with Crippen LogP contribution in [0, 0.1) is 0 Å². The van der Waals surface area contributed by atoms with Crippen LogP contribution >= 0.6 is 24.0 Å². The lowest BCUT2D eigenvalue weighted by Gasteiger charge is -2.36. The fourth-order valence-corrected chi connectivity index (χ4v) is 4.57. The number of hydrogen-bond acceptors (Lipinski definition) is 3. The van der Waals surface area contributed by atoms with Gasteiger partial charge in [0.05, 0.1) is 13.1 Å². The third-order valence-electron chi connectivity index (χ3n) is 5.37. The summed E-state index contributed by atoms with van der Waals surface area (Å²) in [6.45, 7) is 4.19. The van der Waals surface area contributed by atoms with Crippen LogP contribution in [0.1, 0.15) is 25.7 Å². The topological polar surface area (TPSA) is 28.9 Å². The molecule has 25 heavy (non-hydrogen) atoms. The zero-order valence-corrected chi connectivity index (χ0v) is 16.9. The van der Waals surface area contributed by atoms with Gasteiger partial charge in [-0.2, -0.15) is 0 Å². The molecule has 2 aliphatic heterocycles. The van der Waals surface area contributed by atoms with Gasteiger partial charge in [0, 0.05) is 43.1 Å². The van der Waals surface area contributed by atoms with E-state index < -0.39 is 0 Å². The molecule has 2 heterocycles. The van der Waals surface area contributed by atoms with Crippen LogP contribution < -0.4 is 10.2 Å². The van der Waals surface area contributed by atoms with Crippen molar-refractivity contribution in [2.75, 3.05) is 44.9 Å². The van der Waals surface area contributed by atoms with Crippen molar-refractivity contribution in [2.45, 2.75) is 42.7 Å². The highest BCUT2D eigenvalue weighted by Gasteiger charge is 2.29. The maximum Gasteiger partial charge on any atom is 0.173 e. The van der Waals surface area contributed by atoms with E-state index in [0.29, 0.717) is 6.10 Å². The minimum absolute atomic E-state index is 0.476. The van der Waals surface area contributed by atoms with Crippen molar-refractivity contribution in [1.29, 1.82) is 0 Å². The van der Waals surface area contributed by atoms with Gasteiger partial charge in [-0.1, -0.05) is 6.07 Å². The predicted octanol–water partition coefficient (Wildman–Crippen LogP) is 2.26. The molecule has 138 valence electrons. The lowest BCUT2D eigenvalue weighted by molar-refractivity contribution is -0.910. The molecule has 0 bridgehead atoms. The minimum atomic E-state index is 0.476. The molecule has 1 aromatic rings. The first kappa shape index (κ1) is 19.0. The van der Waals surface area contributed by atoms with Gasteiger partial charge in [-0.3, -0.25) is 0 Å². The van der Waals surface area contributed by atoms with Crippen molar-refractivity contribution in [3.05, 3.63) is 24.3 Å². The summed E-state index contributed by atoms with van der Waals surface area (Å²) in [5, 5.41) is 4.26. The van der Waals surface area contributed by atoms with E-state index in [2.05, 4.69) is 47.8 Å². The normalized spacial score (nSPS) is 22.8. The molecule has 2 aliphatic rings. The number of ether oxygens (including phenoxy) is 1. The van der Waals surface area contributed by atoms with Crippen molar-refractivity contribution in [3.63, 3.8) is 0 Å². The van der Waals surface area contributed by atoms with Gasteiger partial charge < -0.3 is 19.9 Å². The molecule has 2 N–H and O–H groups in total. The number of nitrogens with one attached hydrogen (secondary N) is 2. The molecule has 0 saturated carbocycles. The molecular formula is C19H30N3OS2+. The second-order valence-electron chi connectivity index (χ2n) is 7.11. The van der Waals surface area contributed by atoms with E-state index in [0.717, 1.165) is 43.1 Å². The summed E-state index contributed by atoms with van der Waals surface area (Å²) in [6.07, 6.45) is 7.44. The summed E-state index contributed by atoms with van der Waals surface area (Å²) >= 11 is 7.39. The summed E-state index contributed by atoms with van der Waals surface area (Å²) in [5.74, 6) is 0. The molecule has 0 amide bonds. The van der Waals surface area contributed by atoms with E-state index >= 15 is 0 Å². The van der Waals surface area contributed by atoms with Crippen molar-refractivity contribution in [1.82, 2.24) is 4.90 Å². The molecule has 2 fully saturated rings. The number of nitrogens with zero attached hydrogens (tertiary/aromatic N) is 1. The largest absolute Gasteiger partial charge is 0.372 e. The number of benzene rings is 1. The van der Waals surface area contributed by atoms with Crippen LogP contribution in [0.2, 0.25) is 0 Å². The maximum absolute atomic E-state index is 5.80. The van der Waals surface area contributed by atoms with Crippen molar-refractivity contribution in [3.8, 4) is 0 Å². The van der Waals surface area contributed by atoms with Gasteiger partial charge in [-0.25, -0.2) is 0 Å². The van der Waals surface area contributed by atoms with Crippen molar-refractivity contribution >= 4 is 34.8 Å². The van der Waals surface area contributed by atoms with Crippen LogP contribution in [0.25, 0.3) is 0 Å². The van der Waals surface area contributed by atoms with E-state index in [1.54, 1.807) is 16.7 Å². The summed E-state index contributed by atoms with van der Waals surface area (Å²) in [4.78, 5) is 5.20. The smallest absolute Gasteiger partial charge is 0.173 e. The highest BCUT2D eigenvalue weighted by molar-refractivity contribution is 7.98. The highest BCUT2D eigenvalue weighted by Crippen LogP contribution is 2.20. The number of thiocarbonyl (C=S) groups is 1. The third kappa shape index (κ3) is 5.33. The van der Waals surface area contributed by atoms with Crippen LogP contribution in [-0.4, -0.2) is 61.7 Å². The SMILES string of the molecule is CSc1cccc(NC(=S)N2CCC([NH+](C)CC3CCCO3)CC2)c1. The molecule has 6 heteroatoms. The van der Waals surface area contributed by atoms with Crippen LogP contribution in [0.15, 0.2) is 29.2 Å². The predicted molar refractivity (Wildman–Crippen MR) is 110 cm³/mol. The fraction of sp³-hybridized carbons (Fsp3) is 0.632. The Balaban J connectivity index is 1.45. The molecule has 0 radical (unpaired) electrons. The summed E-state index contributed by atoms with van der Waals surface area (Å²) in [6, 6.07) is 9.16. The van der Waals surface area contributed by atoms with Gasteiger partial charge in [-0.05, 0) is 49.5 Å². The quantitative estimate of drug-likeness (QED) is 0.604. The Morgan fingerprint density at radius 1 is 1.36 bits per heavy atom. The molecule has 2 saturated heterocycles. The second kappa shape index (κ2) is 9.21. The molecule has 0 aliphatic carbocycles. The number of quaternary nitrogens is 1. The molecule has 2 unspecified atom stereocenters. The molecule has 0 aromatic heterocycles. The zero-order chi connectivity index (χ0) is 17.6.